The van der Waals surface area contributed by atoms with Crippen molar-refractivity contribution in [1.82, 2.24) is 15.1 Å². The SMILES string of the molecule is C=Cc1ccc(CNCCSCCCOCC2COCCN3CCOCCOCCN(CCOCCOCC3)CCO2)cc1. The maximum Gasteiger partial charge on any atom is 0.104 e. The lowest BCUT2D eigenvalue weighted by Gasteiger charge is -2.26. The third-order valence-electron chi connectivity index (χ3n) is 7.42. The summed E-state index contributed by atoms with van der Waals surface area (Å²) in [7, 11) is 0. The van der Waals surface area contributed by atoms with E-state index in [1.165, 1.54) is 5.56 Å². The van der Waals surface area contributed by atoms with Crippen molar-refractivity contribution >= 4 is 17.8 Å². The first-order valence-corrected chi connectivity index (χ1v) is 17.5. The third kappa shape index (κ3) is 18.8. The molecule has 1 aromatic carbocycles. The topological polar surface area (TPSA) is 83.1 Å². The molecule has 0 radical (unpaired) electrons. The summed E-state index contributed by atoms with van der Waals surface area (Å²) < 4.78 is 41.7. The summed E-state index contributed by atoms with van der Waals surface area (Å²) in [5.74, 6) is 2.17. The lowest BCUT2D eigenvalue weighted by Crippen LogP contribution is -2.38. The van der Waals surface area contributed by atoms with Gasteiger partial charge in [0.1, 0.15) is 6.10 Å². The molecule has 11 heteroatoms. The lowest BCUT2D eigenvalue weighted by atomic mass is 10.1. The average Bonchev–Trinajstić information content (AvgIpc) is 3.04. The van der Waals surface area contributed by atoms with Gasteiger partial charge < -0.3 is 38.5 Å². The van der Waals surface area contributed by atoms with Crippen LogP contribution in [0.25, 0.3) is 6.08 Å². The van der Waals surface area contributed by atoms with Crippen LogP contribution in [0.5, 0.6) is 0 Å². The van der Waals surface area contributed by atoms with Gasteiger partial charge in [-0.25, -0.2) is 0 Å². The quantitative estimate of drug-likeness (QED) is 0.343. The monoisotopic (exact) mass is 639 g/mol. The van der Waals surface area contributed by atoms with Crippen LogP contribution in [0, 0.1) is 0 Å². The highest BCUT2D eigenvalue weighted by molar-refractivity contribution is 7.99. The minimum Gasteiger partial charge on any atom is -0.379 e. The van der Waals surface area contributed by atoms with Crippen LogP contribution < -0.4 is 5.32 Å². The second kappa shape index (κ2) is 26.0. The summed E-state index contributed by atoms with van der Waals surface area (Å²) in [4.78, 5) is 4.65. The standard InChI is InChI=1S/C33H57N3O7S/c1-2-31-4-6-32(7-5-31)28-34-8-27-44-26-3-15-41-29-33-30-42-20-13-35-9-16-37-22-24-39-18-11-36(14-21-43-33)12-19-40-25-23-38-17-10-35/h2,4-7,33-34H,1,3,8-30H2. The van der Waals surface area contributed by atoms with Crippen molar-refractivity contribution in [3.8, 4) is 0 Å². The van der Waals surface area contributed by atoms with Crippen molar-refractivity contribution in [2.75, 3.05) is 143 Å². The number of thioether (sulfide) groups is 1. The van der Waals surface area contributed by atoms with Gasteiger partial charge in [0.2, 0.25) is 0 Å². The molecule has 3 saturated heterocycles. The fourth-order valence-electron chi connectivity index (χ4n) is 4.72. The molecule has 0 spiro atoms. The molecule has 1 aromatic rings. The number of nitrogens with zero attached hydrogens (tertiary/aromatic N) is 2. The molecule has 3 aliphatic heterocycles. The predicted octanol–water partition coefficient (Wildman–Crippen LogP) is 2.66. The van der Waals surface area contributed by atoms with E-state index in [2.05, 4.69) is 46.0 Å². The molecule has 0 aromatic heterocycles. The van der Waals surface area contributed by atoms with Gasteiger partial charge in [0.25, 0.3) is 0 Å². The summed E-state index contributed by atoms with van der Waals surface area (Å²) in [6.07, 6.45) is 2.80. The van der Waals surface area contributed by atoms with Gasteiger partial charge in [-0.3, -0.25) is 9.80 Å². The fourth-order valence-corrected chi connectivity index (χ4v) is 5.53. The Morgan fingerprint density at radius 2 is 1.32 bits per heavy atom. The van der Waals surface area contributed by atoms with Crippen LogP contribution in [0.1, 0.15) is 17.5 Å². The first kappa shape index (κ1) is 37.4. The molecule has 3 heterocycles. The number of nitrogens with one attached hydrogen (secondary N) is 1. The maximum absolute atomic E-state index is 6.29. The molecular formula is C33H57N3O7S. The summed E-state index contributed by atoms with van der Waals surface area (Å²) in [6, 6.07) is 8.52. The maximum atomic E-state index is 6.29. The smallest absolute Gasteiger partial charge is 0.104 e. The number of hydrogen-bond donors (Lipinski definition) is 1. The van der Waals surface area contributed by atoms with Gasteiger partial charge in [-0.15, -0.1) is 0 Å². The van der Waals surface area contributed by atoms with Crippen LogP contribution >= 0.6 is 11.8 Å². The van der Waals surface area contributed by atoms with Gasteiger partial charge in [0, 0.05) is 64.7 Å². The van der Waals surface area contributed by atoms with Crippen LogP contribution in [-0.2, 0) is 39.7 Å². The molecule has 1 unspecified atom stereocenters. The first-order valence-electron chi connectivity index (χ1n) is 16.4. The highest BCUT2D eigenvalue weighted by Crippen LogP contribution is 2.07. The van der Waals surface area contributed by atoms with Crippen LogP contribution in [0.3, 0.4) is 0 Å². The summed E-state index contributed by atoms with van der Waals surface area (Å²) in [5, 5.41) is 3.52. The third-order valence-corrected chi connectivity index (χ3v) is 8.49. The molecule has 1 atom stereocenters. The van der Waals surface area contributed by atoms with E-state index < -0.39 is 0 Å². The van der Waals surface area contributed by atoms with E-state index in [4.69, 9.17) is 33.2 Å². The molecular weight excluding hydrogens is 582 g/mol. The van der Waals surface area contributed by atoms with Crippen molar-refractivity contribution < 1.29 is 33.2 Å². The highest BCUT2D eigenvalue weighted by atomic mass is 32.2. The number of fused-ring (bicyclic) bond motifs is 21. The lowest BCUT2D eigenvalue weighted by molar-refractivity contribution is -0.0699. The number of ether oxygens (including phenoxy) is 7. The van der Waals surface area contributed by atoms with E-state index in [1.807, 2.05) is 17.8 Å². The largest absolute Gasteiger partial charge is 0.379 e. The second-order valence-electron chi connectivity index (χ2n) is 10.9. The number of rotatable bonds is 12. The van der Waals surface area contributed by atoms with E-state index >= 15 is 0 Å². The number of hydrogen-bond acceptors (Lipinski definition) is 11. The Morgan fingerprint density at radius 1 is 0.750 bits per heavy atom. The van der Waals surface area contributed by atoms with Gasteiger partial charge in [0.05, 0.1) is 79.3 Å². The molecule has 0 amide bonds. The van der Waals surface area contributed by atoms with Crippen LogP contribution in [0.15, 0.2) is 30.8 Å². The van der Waals surface area contributed by atoms with Crippen molar-refractivity contribution in [2.45, 2.75) is 19.1 Å². The zero-order chi connectivity index (χ0) is 30.8. The van der Waals surface area contributed by atoms with Crippen molar-refractivity contribution in [1.29, 1.82) is 0 Å². The zero-order valence-corrected chi connectivity index (χ0v) is 27.6. The van der Waals surface area contributed by atoms with Crippen molar-refractivity contribution in [2.24, 2.45) is 0 Å². The summed E-state index contributed by atoms with van der Waals surface area (Å²) in [6.45, 7) is 18.7. The van der Waals surface area contributed by atoms with Gasteiger partial charge in [0.15, 0.2) is 0 Å². The van der Waals surface area contributed by atoms with Crippen molar-refractivity contribution in [3.05, 3.63) is 42.0 Å². The first-order chi connectivity index (χ1) is 21.8. The van der Waals surface area contributed by atoms with Gasteiger partial charge in [-0.2, -0.15) is 11.8 Å². The zero-order valence-electron chi connectivity index (χ0n) is 26.8. The Hall–Kier alpha value is -1.09. The van der Waals surface area contributed by atoms with Gasteiger partial charge in [-0.1, -0.05) is 36.9 Å². The van der Waals surface area contributed by atoms with E-state index in [0.717, 1.165) is 82.5 Å². The Morgan fingerprint density at radius 3 is 1.91 bits per heavy atom. The molecule has 0 saturated carbocycles. The Bertz CT molecular complexity index is 803. The Balaban J connectivity index is 1.35. The van der Waals surface area contributed by atoms with Crippen LogP contribution in [-0.4, -0.2) is 159 Å². The van der Waals surface area contributed by atoms with E-state index in [1.54, 1.807) is 0 Å². The normalized spacial score (nSPS) is 24.4. The van der Waals surface area contributed by atoms with Crippen molar-refractivity contribution in [3.63, 3.8) is 0 Å². The minimum absolute atomic E-state index is 0.0976. The molecule has 10 nitrogen and oxygen atoms in total. The fraction of sp³-hybridized carbons (Fsp3) is 0.758. The molecule has 0 aliphatic carbocycles. The molecule has 1 N–H and O–H groups in total. The molecule has 44 heavy (non-hydrogen) atoms. The molecule has 252 valence electrons. The van der Waals surface area contributed by atoms with E-state index in [9.17, 15) is 0 Å². The van der Waals surface area contributed by atoms with Gasteiger partial charge in [-0.05, 0) is 23.3 Å². The highest BCUT2D eigenvalue weighted by Gasteiger charge is 2.14. The van der Waals surface area contributed by atoms with Crippen LogP contribution in [0.2, 0.25) is 0 Å². The minimum atomic E-state index is -0.0976. The van der Waals surface area contributed by atoms with Crippen LogP contribution in [0.4, 0.5) is 0 Å². The summed E-state index contributed by atoms with van der Waals surface area (Å²) in [5.41, 5.74) is 2.45. The number of benzene rings is 1. The molecule has 2 bridgehead atoms. The Labute approximate surface area is 270 Å². The van der Waals surface area contributed by atoms with E-state index in [0.29, 0.717) is 79.3 Å². The summed E-state index contributed by atoms with van der Waals surface area (Å²) >= 11 is 1.96. The second-order valence-corrected chi connectivity index (χ2v) is 12.1. The average molecular weight is 640 g/mol. The van der Waals surface area contributed by atoms with Gasteiger partial charge >= 0.3 is 0 Å². The molecule has 3 aliphatic rings. The van der Waals surface area contributed by atoms with E-state index in [-0.39, 0.29) is 6.10 Å². The molecule has 4 rings (SSSR count). The molecule has 3 fully saturated rings. The Kier molecular flexibility index (Phi) is 22.1. The predicted molar refractivity (Wildman–Crippen MR) is 178 cm³/mol.